The first kappa shape index (κ1) is 29.6. The highest BCUT2D eigenvalue weighted by Crippen LogP contribution is 2.40. The quantitative estimate of drug-likeness (QED) is 0.174. The Balaban J connectivity index is 1.05. The van der Waals surface area contributed by atoms with Crippen LogP contribution in [0.15, 0.2) is 186 Å². The van der Waals surface area contributed by atoms with E-state index in [1.54, 1.807) is 0 Å². The fourth-order valence-corrected chi connectivity index (χ4v) is 8.12. The van der Waals surface area contributed by atoms with E-state index >= 15 is 0 Å². The van der Waals surface area contributed by atoms with Gasteiger partial charge in [0.15, 0.2) is 11.4 Å². The monoisotopic (exact) mass is 674 g/mol. The molecule has 2 heterocycles. The third kappa shape index (κ3) is 4.75. The van der Waals surface area contributed by atoms with Crippen molar-refractivity contribution in [1.29, 1.82) is 0 Å². The van der Waals surface area contributed by atoms with Gasteiger partial charge in [-0.2, -0.15) is 0 Å². The summed E-state index contributed by atoms with van der Waals surface area (Å²) in [6.45, 7) is 0. The van der Waals surface area contributed by atoms with Crippen molar-refractivity contribution in [1.82, 2.24) is 9.97 Å². The van der Waals surface area contributed by atoms with Crippen LogP contribution in [-0.2, 0) is 0 Å². The topological polar surface area (TPSA) is 38.9 Å². The van der Waals surface area contributed by atoms with Crippen LogP contribution in [-0.4, -0.2) is 9.97 Å². The van der Waals surface area contributed by atoms with Crippen LogP contribution in [0.25, 0.3) is 110 Å². The Morgan fingerprint density at radius 1 is 0.302 bits per heavy atom. The van der Waals surface area contributed by atoms with Gasteiger partial charge < -0.3 is 4.42 Å². The summed E-state index contributed by atoms with van der Waals surface area (Å²) in [4.78, 5) is 10.5. The Labute approximate surface area is 305 Å². The molecule has 0 saturated carbocycles. The van der Waals surface area contributed by atoms with Gasteiger partial charge in [0.1, 0.15) is 11.1 Å². The molecule has 11 aromatic rings. The number of benzene rings is 9. The molecular formula is C50H30N2O. The minimum Gasteiger partial charge on any atom is -0.454 e. The van der Waals surface area contributed by atoms with Gasteiger partial charge in [-0.05, 0) is 91.0 Å². The standard InChI is InChI=1S/C50H30N2O/c1-2-12-31(13-3-1)47-44-27-26-43-42-22-8-9-23-46(42)53-49(43)48(44)52-50(51-47)36-17-11-16-34(29-36)32-14-10-15-33(28-32)35-24-25-41-39-20-5-4-18-37(39)38-19-6-7-21-40(38)45(41)30-35/h1-30H. The fraction of sp³-hybridized carbons (Fsp3) is 0. The highest BCUT2D eigenvalue weighted by atomic mass is 16.3. The zero-order chi connectivity index (χ0) is 34.9. The normalized spacial score (nSPS) is 11.8. The maximum atomic E-state index is 6.48. The molecule has 0 aliphatic carbocycles. The molecule has 3 nitrogen and oxygen atoms in total. The molecule has 9 aromatic carbocycles. The third-order valence-corrected chi connectivity index (χ3v) is 10.7. The van der Waals surface area contributed by atoms with Gasteiger partial charge in [-0.15, -0.1) is 0 Å². The highest BCUT2D eigenvalue weighted by Gasteiger charge is 2.18. The Morgan fingerprint density at radius 3 is 1.49 bits per heavy atom. The third-order valence-electron chi connectivity index (χ3n) is 10.7. The summed E-state index contributed by atoms with van der Waals surface area (Å²) >= 11 is 0. The van der Waals surface area contributed by atoms with Crippen molar-refractivity contribution in [2.45, 2.75) is 0 Å². The molecule has 246 valence electrons. The first-order valence-corrected chi connectivity index (χ1v) is 18.0. The van der Waals surface area contributed by atoms with Crippen molar-refractivity contribution in [3.05, 3.63) is 182 Å². The lowest BCUT2D eigenvalue weighted by Gasteiger charge is -2.13. The SMILES string of the molecule is c1ccc(-c2nc(-c3cccc(-c4cccc(-c5ccc6c7ccccc7c7ccccc7c6c5)c4)c3)nc3c2ccc2c4ccccc4oc23)cc1. The van der Waals surface area contributed by atoms with Crippen molar-refractivity contribution in [2.75, 3.05) is 0 Å². The van der Waals surface area contributed by atoms with E-state index in [1.807, 2.05) is 24.3 Å². The predicted octanol–water partition coefficient (Wildman–Crippen LogP) is 13.7. The van der Waals surface area contributed by atoms with Gasteiger partial charge in [-0.1, -0.05) is 146 Å². The van der Waals surface area contributed by atoms with E-state index in [0.717, 1.165) is 60.8 Å². The number of furan rings is 1. The van der Waals surface area contributed by atoms with E-state index in [9.17, 15) is 0 Å². The molecule has 3 heteroatoms. The summed E-state index contributed by atoms with van der Waals surface area (Å²) in [6, 6.07) is 64.5. The molecule has 0 aliphatic rings. The predicted molar refractivity (Wildman–Crippen MR) is 221 cm³/mol. The smallest absolute Gasteiger partial charge is 0.161 e. The van der Waals surface area contributed by atoms with E-state index in [-0.39, 0.29) is 0 Å². The lowest BCUT2D eigenvalue weighted by molar-refractivity contribution is 0.671. The summed E-state index contributed by atoms with van der Waals surface area (Å²) < 4.78 is 6.48. The van der Waals surface area contributed by atoms with Gasteiger partial charge in [0.05, 0.1) is 5.69 Å². The van der Waals surface area contributed by atoms with Crippen LogP contribution in [0.2, 0.25) is 0 Å². The van der Waals surface area contributed by atoms with E-state index in [0.29, 0.717) is 5.82 Å². The lowest BCUT2D eigenvalue weighted by Crippen LogP contribution is -1.96. The number of rotatable bonds is 4. The van der Waals surface area contributed by atoms with Crippen LogP contribution in [0.3, 0.4) is 0 Å². The van der Waals surface area contributed by atoms with Crippen molar-refractivity contribution < 1.29 is 4.42 Å². The van der Waals surface area contributed by atoms with Crippen molar-refractivity contribution in [3.8, 4) is 44.9 Å². The minimum absolute atomic E-state index is 0.663. The van der Waals surface area contributed by atoms with E-state index in [4.69, 9.17) is 14.4 Å². The van der Waals surface area contributed by atoms with Crippen molar-refractivity contribution in [2.24, 2.45) is 0 Å². The average molecular weight is 675 g/mol. The number of hydrogen-bond acceptors (Lipinski definition) is 3. The molecule has 0 atom stereocenters. The number of aromatic nitrogens is 2. The Hall–Kier alpha value is -7.10. The van der Waals surface area contributed by atoms with E-state index in [2.05, 4.69) is 158 Å². The first-order valence-electron chi connectivity index (χ1n) is 18.0. The first-order chi connectivity index (χ1) is 26.3. The molecule has 0 unspecified atom stereocenters. The second-order valence-electron chi connectivity index (χ2n) is 13.7. The van der Waals surface area contributed by atoms with Crippen LogP contribution < -0.4 is 0 Å². The molecule has 0 N–H and O–H groups in total. The summed E-state index contributed by atoms with van der Waals surface area (Å²) in [6.07, 6.45) is 0. The van der Waals surface area contributed by atoms with Gasteiger partial charge in [0, 0.05) is 27.3 Å². The molecule has 0 fully saturated rings. The zero-order valence-corrected chi connectivity index (χ0v) is 28.6. The second-order valence-corrected chi connectivity index (χ2v) is 13.7. The Morgan fingerprint density at radius 2 is 0.792 bits per heavy atom. The summed E-state index contributed by atoms with van der Waals surface area (Å²) in [5.41, 5.74) is 9.92. The summed E-state index contributed by atoms with van der Waals surface area (Å²) in [5.74, 6) is 0.663. The number of hydrogen-bond donors (Lipinski definition) is 0. The molecule has 53 heavy (non-hydrogen) atoms. The molecule has 0 amide bonds. The molecule has 0 radical (unpaired) electrons. The maximum absolute atomic E-state index is 6.48. The zero-order valence-electron chi connectivity index (χ0n) is 28.6. The van der Waals surface area contributed by atoms with Gasteiger partial charge in [0.2, 0.25) is 0 Å². The molecule has 11 rings (SSSR count). The van der Waals surface area contributed by atoms with Crippen molar-refractivity contribution >= 4 is 65.2 Å². The van der Waals surface area contributed by atoms with Crippen LogP contribution in [0.5, 0.6) is 0 Å². The van der Waals surface area contributed by atoms with Crippen LogP contribution in [0.1, 0.15) is 0 Å². The second kappa shape index (κ2) is 11.7. The summed E-state index contributed by atoms with van der Waals surface area (Å²) in [7, 11) is 0. The van der Waals surface area contributed by atoms with Gasteiger partial charge in [0.25, 0.3) is 0 Å². The molecule has 0 saturated heterocycles. The average Bonchev–Trinajstić information content (AvgIpc) is 3.63. The molecule has 2 aromatic heterocycles. The molecule has 0 bridgehead atoms. The maximum Gasteiger partial charge on any atom is 0.161 e. The number of fused-ring (bicyclic) bond motifs is 11. The van der Waals surface area contributed by atoms with Gasteiger partial charge in [-0.25, -0.2) is 9.97 Å². The lowest BCUT2D eigenvalue weighted by atomic mass is 9.91. The molecular weight excluding hydrogens is 645 g/mol. The van der Waals surface area contributed by atoms with E-state index in [1.165, 1.54) is 43.4 Å². The fourth-order valence-electron chi connectivity index (χ4n) is 8.12. The Bertz CT molecular complexity index is 3200. The Kier molecular flexibility index (Phi) is 6.55. The van der Waals surface area contributed by atoms with Crippen LogP contribution >= 0.6 is 0 Å². The largest absolute Gasteiger partial charge is 0.454 e. The molecule has 0 aliphatic heterocycles. The minimum atomic E-state index is 0.663. The van der Waals surface area contributed by atoms with Gasteiger partial charge >= 0.3 is 0 Å². The highest BCUT2D eigenvalue weighted by molar-refractivity contribution is 6.25. The van der Waals surface area contributed by atoms with E-state index < -0.39 is 0 Å². The molecule has 0 spiro atoms. The van der Waals surface area contributed by atoms with Crippen LogP contribution in [0, 0.1) is 0 Å². The number of para-hydroxylation sites is 1. The van der Waals surface area contributed by atoms with Gasteiger partial charge in [-0.3, -0.25) is 0 Å². The van der Waals surface area contributed by atoms with Crippen molar-refractivity contribution in [3.63, 3.8) is 0 Å². The van der Waals surface area contributed by atoms with Crippen LogP contribution in [0.4, 0.5) is 0 Å². The summed E-state index contributed by atoms with van der Waals surface area (Å²) in [5, 5.41) is 10.8. The number of nitrogens with zero attached hydrogens (tertiary/aromatic N) is 2.